The molecule has 0 bridgehead atoms. The van der Waals surface area contributed by atoms with Crippen LogP contribution in [0.15, 0.2) is 34.8 Å². The van der Waals surface area contributed by atoms with Gasteiger partial charge in [-0.15, -0.1) is 0 Å². The molecule has 1 aliphatic rings. The van der Waals surface area contributed by atoms with Crippen molar-refractivity contribution in [3.05, 3.63) is 45.9 Å². The third-order valence-electron chi connectivity index (χ3n) is 3.96. The smallest absolute Gasteiger partial charge is 0.225 e. The lowest BCUT2D eigenvalue weighted by Gasteiger charge is -2.27. The second-order valence-corrected chi connectivity index (χ2v) is 6.23. The van der Waals surface area contributed by atoms with Crippen LogP contribution in [0.5, 0.6) is 17.2 Å². The number of halogens is 1. The van der Waals surface area contributed by atoms with Crippen LogP contribution in [0.3, 0.4) is 0 Å². The van der Waals surface area contributed by atoms with Crippen molar-refractivity contribution in [2.24, 2.45) is 0 Å². The zero-order chi connectivity index (χ0) is 16.6. The first-order chi connectivity index (χ1) is 11.0. The summed E-state index contributed by atoms with van der Waals surface area (Å²) in [6, 6.07) is 9.24. The summed E-state index contributed by atoms with van der Waals surface area (Å²) in [6.07, 6.45) is 0.320. The van der Waals surface area contributed by atoms with Gasteiger partial charge in [0, 0.05) is 22.5 Å². The average molecular weight is 378 g/mol. The van der Waals surface area contributed by atoms with Gasteiger partial charge in [-0.25, -0.2) is 0 Å². The van der Waals surface area contributed by atoms with Gasteiger partial charge in [-0.2, -0.15) is 0 Å². The van der Waals surface area contributed by atoms with Gasteiger partial charge < -0.3 is 19.9 Å². The Kier molecular flexibility index (Phi) is 4.17. The quantitative estimate of drug-likeness (QED) is 0.856. The monoisotopic (exact) mass is 377 g/mol. The van der Waals surface area contributed by atoms with E-state index < -0.39 is 0 Å². The highest BCUT2D eigenvalue weighted by molar-refractivity contribution is 9.10. The van der Waals surface area contributed by atoms with Crippen LogP contribution in [0, 0.1) is 0 Å². The number of hydrogen-bond acceptors (Lipinski definition) is 4. The van der Waals surface area contributed by atoms with Crippen molar-refractivity contribution in [1.82, 2.24) is 0 Å². The number of fused-ring (bicyclic) bond motifs is 1. The van der Waals surface area contributed by atoms with E-state index >= 15 is 0 Å². The van der Waals surface area contributed by atoms with Crippen LogP contribution in [0.4, 0.5) is 5.69 Å². The number of carbonyl (C=O) groups is 1. The highest BCUT2D eigenvalue weighted by Crippen LogP contribution is 2.44. The summed E-state index contributed by atoms with van der Waals surface area (Å²) in [5, 5.41) is 12.9. The lowest BCUT2D eigenvalue weighted by molar-refractivity contribution is -0.116. The molecule has 0 aliphatic carbocycles. The molecule has 2 N–H and O–H groups in total. The molecular formula is C17H16BrNO4. The number of phenolic OH excluding ortho intramolecular Hbond substituents is 1. The molecule has 1 amide bonds. The SMILES string of the molecule is COc1cc(C2CC(=O)Nc3ccc(Br)cc32)cc(OC)c1O. The molecule has 0 fully saturated rings. The molecule has 23 heavy (non-hydrogen) atoms. The summed E-state index contributed by atoms with van der Waals surface area (Å²) in [6.45, 7) is 0. The molecule has 0 aromatic heterocycles. The van der Waals surface area contributed by atoms with Crippen LogP contribution in [-0.4, -0.2) is 25.2 Å². The summed E-state index contributed by atoms with van der Waals surface area (Å²) >= 11 is 3.47. The molecular weight excluding hydrogens is 362 g/mol. The Morgan fingerprint density at radius 3 is 2.43 bits per heavy atom. The fourth-order valence-corrected chi connectivity index (χ4v) is 3.22. The number of methoxy groups -OCH3 is 2. The Hall–Kier alpha value is -2.21. The number of ether oxygens (including phenoxy) is 2. The van der Waals surface area contributed by atoms with Crippen LogP contribution < -0.4 is 14.8 Å². The topological polar surface area (TPSA) is 67.8 Å². The first-order valence-corrected chi connectivity index (χ1v) is 7.87. The maximum absolute atomic E-state index is 12.0. The Balaban J connectivity index is 2.15. The van der Waals surface area contributed by atoms with Gasteiger partial charge in [-0.1, -0.05) is 15.9 Å². The second-order valence-electron chi connectivity index (χ2n) is 5.31. The zero-order valence-corrected chi connectivity index (χ0v) is 14.3. The molecule has 120 valence electrons. The number of hydrogen-bond donors (Lipinski definition) is 2. The van der Waals surface area contributed by atoms with Crippen molar-refractivity contribution < 1.29 is 19.4 Å². The molecule has 0 saturated carbocycles. The normalized spacial score (nSPS) is 16.5. The van der Waals surface area contributed by atoms with Gasteiger partial charge in [0.15, 0.2) is 11.5 Å². The summed E-state index contributed by atoms with van der Waals surface area (Å²) < 4.78 is 11.4. The summed E-state index contributed by atoms with van der Waals surface area (Å²) in [5.41, 5.74) is 2.65. The largest absolute Gasteiger partial charge is 0.502 e. The lowest BCUT2D eigenvalue weighted by atomic mass is 9.84. The summed E-state index contributed by atoms with van der Waals surface area (Å²) in [7, 11) is 2.97. The minimum atomic E-state index is -0.139. The standard InChI is InChI=1S/C17H16BrNO4/c1-22-14-5-9(6-15(23-2)17(14)21)11-8-16(20)19-13-4-3-10(18)7-12(11)13/h3-7,11,21H,8H2,1-2H3,(H,19,20). The maximum Gasteiger partial charge on any atom is 0.225 e. The minimum Gasteiger partial charge on any atom is -0.502 e. The van der Waals surface area contributed by atoms with E-state index in [-0.39, 0.29) is 17.6 Å². The van der Waals surface area contributed by atoms with Crippen LogP contribution in [-0.2, 0) is 4.79 Å². The number of amides is 1. The van der Waals surface area contributed by atoms with Gasteiger partial charge in [-0.3, -0.25) is 4.79 Å². The summed E-state index contributed by atoms with van der Waals surface area (Å²) in [4.78, 5) is 12.0. The first kappa shape index (κ1) is 15.7. The highest BCUT2D eigenvalue weighted by atomic mass is 79.9. The van der Waals surface area contributed by atoms with Gasteiger partial charge in [-0.05, 0) is 41.5 Å². The number of anilines is 1. The van der Waals surface area contributed by atoms with E-state index in [1.54, 1.807) is 12.1 Å². The number of nitrogens with one attached hydrogen (secondary N) is 1. The molecule has 0 spiro atoms. The van der Waals surface area contributed by atoms with Crippen molar-refractivity contribution >= 4 is 27.5 Å². The molecule has 6 heteroatoms. The van der Waals surface area contributed by atoms with Gasteiger partial charge in [0.05, 0.1) is 14.2 Å². The fraction of sp³-hybridized carbons (Fsp3) is 0.235. The molecule has 2 aromatic rings. The first-order valence-electron chi connectivity index (χ1n) is 7.07. The minimum absolute atomic E-state index is 0.0455. The molecule has 5 nitrogen and oxygen atoms in total. The number of phenols is 1. The highest BCUT2D eigenvalue weighted by Gasteiger charge is 2.28. The lowest BCUT2D eigenvalue weighted by Crippen LogP contribution is -2.23. The van der Waals surface area contributed by atoms with E-state index in [1.807, 2.05) is 18.2 Å². The zero-order valence-electron chi connectivity index (χ0n) is 12.7. The van der Waals surface area contributed by atoms with Crippen molar-refractivity contribution in [2.45, 2.75) is 12.3 Å². The van der Waals surface area contributed by atoms with E-state index in [0.29, 0.717) is 17.9 Å². The molecule has 1 atom stereocenters. The Labute approximate surface area is 142 Å². The Morgan fingerprint density at radius 2 is 1.83 bits per heavy atom. The molecule has 1 aliphatic heterocycles. The van der Waals surface area contributed by atoms with Gasteiger partial charge >= 0.3 is 0 Å². The van der Waals surface area contributed by atoms with Crippen molar-refractivity contribution in [3.63, 3.8) is 0 Å². The number of carbonyl (C=O) groups excluding carboxylic acids is 1. The van der Waals surface area contributed by atoms with Crippen LogP contribution in [0.25, 0.3) is 0 Å². The predicted molar refractivity (Wildman–Crippen MR) is 90.4 cm³/mol. The number of rotatable bonds is 3. The molecule has 3 rings (SSSR count). The fourth-order valence-electron chi connectivity index (χ4n) is 2.84. The van der Waals surface area contributed by atoms with Crippen molar-refractivity contribution in [3.8, 4) is 17.2 Å². The third kappa shape index (κ3) is 2.86. The molecule has 0 radical (unpaired) electrons. The maximum atomic E-state index is 12.0. The Morgan fingerprint density at radius 1 is 1.17 bits per heavy atom. The van der Waals surface area contributed by atoms with Gasteiger partial charge in [0.25, 0.3) is 0 Å². The van der Waals surface area contributed by atoms with E-state index in [1.165, 1.54) is 14.2 Å². The van der Waals surface area contributed by atoms with Crippen molar-refractivity contribution in [2.75, 3.05) is 19.5 Å². The molecule has 0 saturated heterocycles. The molecule has 1 unspecified atom stereocenters. The van der Waals surface area contributed by atoms with Crippen LogP contribution >= 0.6 is 15.9 Å². The van der Waals surface area contributed by atoms with E-state index in [0.717, 1.165) is 21.3 Å². The third-order valence-corrected chi connectivity index (χ3v) is 4.45. The number of aromatic hydroxyl groups is 1. The second kappa shape index (κ2) is 6.12. The van der Waals surface area contributed by atoms with E-state index in [4.69, 9.17) is 9.47 Å². The average Bonchev–Trinajstić information content (AvgIpc) is 2.55. The molecule has 1 heterocycles. The number of benzene rings is 2. The van der Waals surface area contributed by atoms with E-state index in [2.05, 4.69) is 21.2 Å². The van der Waals surface area contributed by atoms with Crippen molar-refractivity contribution in [1.29, 1.82) is 0 Å². The van der Waals surface area contributed by atoms with Gasteiger partial charge in [0.1, 0.15) is 0 Å². The van der Waals surface area contributed by atoms with Crippen LogP contribution in [0.1, 0.15) is 23.5 Å². The van der Waals surface area contributed by atoms with Crippen LogP contribution in [0.2, 0.25) is 0 Å². The van der Waals surface area contributed by atoms with Gasteiger partial charge in [0.2, 0.25) is 11.7 Å². The van der Waals surface area contributed by atoms with E-state index in [9.17, 15) is 9.90 Å². The summed E-state index contributed by atoms with van der Waals surface area (Å²) in [5.74, 6) is 0.410. The molecule has 2 aromatic carbocycles. The Bertz CT molecular complexity index is 750. The predicted octanol–water partition coefficient (Wildman–Crippen LogP) is 3.65.